The van der Waals surface area contributed by atoms with Gasteiger partial charge in [0.15, 0.2) is 5.96 Å². The first-order valence-electron chi connectivity index (χ1n) is 10.2. The quantitative estimate of drug-likeness (QED) is 0.222. The topological polar surface area (TPSA) is 68.8 Å². The Kier molecular flexibility index (Phi) is 12.1. The van der Waals surface area contributed by atoms with Gasteiger partial charge in [-0.2, -0.15) is 0 Å². The molecule has 28 heavy (non-hydrogen) atoms. The van der Waals surface area contributed by atoms with Crippen LogP contribution in [-0.2, 0) is 6.54 Å². The number of amides is 1. The van der Waals surface area contributed by atoms with E-state index >= 15 is 0 Å². The molecular formula is C21H36IN5O. The molecule has 0 bridgehead atoms. The highest BCUT2D eigenvalue weighted by Gasteiger charge is 2.14. The molecule has 0 atom stereocenters. The van der Waals surface area contributed by atoms with Gasteiger partial charge in [-0.1, -0.05) is 19.1 Å². The first kappa shape index (κ1) is 24.7. The van der Waals surface area contributed by atoms with Gasteiger partial charge < -0.3 is 20.9 Å². The molecule has 0 radical (unpaired) electrons. The second kappa shape index (κ2) is 13.8. The van der Waals surface area contributed by atoms with Gasteiger partial charge >= 0.3 is 0 Å². The number of likely N-dealkylation sites (tertiary alicyclic amines) is 1. The highest BCUT2D eigenvalue weighted by molar-refractivity contribution is 14.0. The Morgan fingerprint density at radius 3 is 2.64 bits per heavy atom. The van der Waals surface area contributed by atoms with Crippen molar-refractivity contribution in [2.45, 2.75) is 39.7 Å². The van der Waals surface area contributed by atoms with Crippen molar-refractivity contribution < 1.29 is 4.79 Å². The molecule has 1 heterocycles. The van der Waals surface area contributed by atoms with Crippen LogP contribution >= 0.6 is 24.0 Å². The van der Waals surface area contributed by atoms with Gasteiger partial charge in [-0.15, -0.1) is 24.0 Å². The molecule has 7 heteroatoms. The molecule has 0 aliphatic carbocycles. The fourth-order valence-corrected chi connectivity index (χ4v) is 3.29. The minimum absolute atomic E-state index is 0. The second-order valence-electron chi connectivity index (χ2n) is 7.29. The average Bonchev–Trinajstić information content (AvgIpc) is 2.69. The van der Waals surface area contributed by atoms with Crippen molar-refractivity contribution in [3.05, 3.63) is 35.4 Å². The van der Waals surface area contributed by atoms with Crippen molar-refractivity contribution in [2.75, 3.05) is 39.8 Å². The monoisotopic (exact) mass is 501 g/mol. The maximum Gasteiger partial charge on any atom is 0.251 e. The van der Waals surface area contributed by atoms with Crippen LogP contribution in [0.1, 0.15) is 49.0 Å². The number of carbonyl (C=O) groups excluding carboxylic acids is 1. The summed E-state index contributed by atoms with van der Waals surface area (Å²) in [7, 11) is 1.78. The Morgan fingerprint density at radius 1 is 1.21 bits per heavy atom. The van der Waals surface area contributed by atoms with Crippen LogP contribution in [0.4, 0.5) is 0 Å². The van der Waals surface area contributed by atoms with E-state index in [4.69, 9.17) is 0 Å². The molecule has 158 valence electrons. The number of hydrogen-bond acceptors (Lipinski definition) is 3. The summed E-state index contributed by atoms with van der Waals surface area (Å²) < 4.78 is 0. The van der Waals surface area contributed by atoms with E-state index in [0.29, 0.717) is 18.7 Å². The fourth-order valence-electron chi connectivity index (χ4n) is 3.29. The molecule has 6 nitrogen and oxygen atoms in total. The van der Waals surface area contributed by atoms with Crippen LogP contribution in [0.5, 0.6) is 0 Å². The smallest absolute Gasteiger partial charge is 0.251 e. The van der Waals surface area contributed by atoms with Crippen LogP contribution in [-0.4, -0.2) is 56.5 Å². The lowest BCUT2D eigenvalue weighted by Crippen LogP contribution is -2.39. The van der Waals surface area contributed by atoms with Crippen LogP contribution < -0.4 is 16.0 Å². The summed E-state index contributed by atoms with van der Waals surface area (Å²) in [6.45, 7) is 10.1. The van der Waals surface area contributed by atoms with Crippen LogP contribution in [0.2, 0.25) is 0 Å². The van der Waals surface area contributed by atoms with Crippen molar-refractivity contribution >= 4 is 35.8 Å². The summed E-state index contributed by atoms with van der Waals surface area (Å²) in [4.78, 5) is 18.8. The Balaban J connectivity index is 0.00000392. The predicted octanol–water partition coefficient (Wildman–Crippen LogP) is 2.84. The van der Waals surface area contributed by atoms with E-state index in [0.717, 1.165) is 37.0 Å². The zero-order valence-corrected chi connectivity index (χ0v) is 19.8. The van der Waals surface area contributed by atoms with Crippen LogP contribution in [0.25, 0.3) is 0 Å². The Morgan fingerprint density at radius 2 is 1.96 bits per heavy atom. The molecule has 0 saturated carbocycles. The summed E-state index contributed by atoms with van der Waals surface area (Å²) in [6, 6.07) is 7.68. The van der Waals surface area contributed by atoms with E-state index in [-0.39, 0.29) is 29.9 Å². The Bertz CT molecular complexity index is 615. The average molecular weight is 501 g/mol. The van der Waals surface area contributed by atoms with E-state index in [1.54, 1.807) is 7.05 Å². The fraction of sp³-hybridized carbons (Fsp3) is 0.619. The van der Waals surface area contributed by atoms with Crippen molar-refractivity contribution in [2.24, 2.45) is 10.9 Å². The number of piperidine rings is 1. The third kappa shape index (κ3) is 8.77. The number of hydrogen-bond donors (Lipinski definition) is 3. The molecule has 1 saturated heterocycles. The number of halogens is 1. The summed E-state index contributed by atoms with van der Waals surface area (Å²) in [5.74, 6) is 1.65. The van der Waals surface area contributed by atoms with Crippen LogP contribution in [0.3, 0.4) is 0 Å². The molecule has 0 aromatic heterocycles. The van der Waals surface area contributed by atoms with Gasteiger partial charge in [0.05, 0.1) is 0 Å². The summed E-state index contributed by atoms with van der Waals surface area (Å²) in [5, 5.41) is 9.53. The molecule has 1 amide bonds. The minimum Gasteiger partial charge on any atom is -0.356 e. The van der Waals surface area contributed by atoms with Crippen LogP contribution in [0, 0.1) is 5.92 Å². The highest BCUT2D eigenvalue weighted by atomic mass is 127. The maximum atomic E-state index is 11.9. The summed E-state index contributed by atoms with van der Waals surface area (Å²) in [5.41, 5.74) is 1.75. The lowest BCUT2D eigenvalue weighted by Gasteiger charge is -2.30. The normalized spacial score (nSPS) is 15.6. The molecule has 0 unspecified atom stereocenters. The van der Waals surface area contributed by atoms with Gasteiger partial charge in [-0.05, 0) is 69.4 Å². The molecule has 1 aliphatic heterocycles. The SMILES string of the molecule is CCNC(=O)c1cccc(CNC(=NC)NCCCN2CCC(C)CC2)c1.I. The summed E-state index contributed by atoms with van der Waals surface area (Å²) in [6.07, 6.45) is 3.76. The molecular weight excluding hydrogens is 465 g/mol. The number of carbonyl (C=O) groups is 1. The first-order valence-corrected chi connectivity index (χ1v) is 10.2. The van der Waals surface area contributed by atoms with E-state index in [1.807, 2.05) is 31.2 Å². The van der Waals surface area contributed by atoms with Crippen molar-refractivity contribution in [3.63, 3.8) is 0 Å². The number of nitrogens with one attached hydrogen (secondary N) is 3. The number of aliphatic imine (C=N–C) groups is 1. The van der Waals surface area contributed by atoms with E-state index in [2.05, 4.69) is 32.8 Å². The number of nitrogens with zero attached hydrogens (tertiary/aromatic N) is 2. The third-order valence-corrected chi connectivity index (χ3v) is 5.03. The molecule has 1 fully saturated rings. The first-order chi connectivity index (χ1) is 13.1. The van der Waals surface area contributed by atoms with Gasteiger partial charge in [0.25, 0.3) is 5.91 Å². The standard InChI is InChI=1S/C21H35N5O.HI/c1-4-23-20(27)19-8-5-7-18(15-19)16-25-21(22-3)24-11-6-12-26-13-9-17(2)10-14-26;/h5,7-8,15,17H,4,6,9-14,16H2,1-3H3,(H,23,27)(H2,22,24,25);1H. The number of guanidine groups is 1. The number of rotatable bonds is 8. The van der Waals surface area contributed by atoms with E-state index in [1.165, 1.54) is 25.9 Å². The molecule has 1 aromatic rings. The maximum absolute atomic E-state index is 11.9. The van der Waals surface area contributed by atoms with Crippen LogP contribution in [0.15, 0.2) is 29.3 Å². The zero-order valence-electron chi connectivity index (χ0n) is 17.5. The van der Waals surface area contributed by atoms with Crippen molar-refractivity contribution in [3.8, 4) is 0 Å². The second-order valence-corrected chi connectivity index (χ2v) is 7.29. The Hall–Kier alpha value is -1.35. The van der Waals surface area contributed by atoms with Crippen molar-refractivity contribution in [1.29, 1.82) is 0 Å². The summed E-state index contributed by atoms with van der Waals surface area (Å²) >= 11 is 0. The largest absolute Gasteiger partial charge is 0.356 e. The molecule has 0 spiro atoms. The zero-order chi connectivity index (χ0) is 19.5. The van der Waals surface area contributed by atoms with Crippen molar-refractivity contribution in [1.82, 2.24) is 20.9 Å². The van der Waals surface area contributed by atoms with Gasteiger partial charge in [-0.3, -0.25) is 9.79 Å². The molecule has 3 N–H and O–H groups in total. The van der Waals surface area contributed by atoms with Gasteiger partial charge in [0.2, 0.25) is 0 Å². The van der Waals surface area contributed by atoms with E-state index in [9.17, 15) is 4.79 Å². The van der Waals surface area contributed by atoms with E-state index < -0.39 is 0 Å². The molecule has 1 aromatic carbocycles. The molecule has 1 aliphatic rings. The third-order valence-electron chi connectivity index (χ3n) is 5.03. The lowest BCUT2D eigenvalue weighted by atomic mass is 9.99. The molecule has 2 rings (SSSR count). The Labute approximate surface area is 187 Å². The van der Waals surface area contributed by atoms with Gasteiger partial charge in [0.1, 0.15) is 0 Å². The van der Waals surface area contributed by atoms with Gasteiger partial charge in [0, 0.05) is 32.2 Å². The minimum atomic E-state index is -0.0334. The number of benzene rings is 1. The van der Waals surface area contributed by atoms with Gasteiger partial charge in [-0.25, -0.2) is 0 Å². The lowest BCUT2D eigenvalue weighted by molar-refractivity contribution is 0.0955. The predicted molar refractivity (Wildman–Crippen MR) is 128 cm³/mol. The highest BCUT2D eigenvalue weighted by Crippen LogP contribution is 2.15.